The number of para-hydroxylation sites is 3. The van der Waals surface area contributed by atoms with E-state index in [2.05, 4.69) is 156 Å². The highest BCUT2D eigenvalue weighted by atomic mass is 16.3. The number of hydrogen-bond acceptors (Lipinski definition) is 5. The van der Waals surface area contributed by atoms with E-state index in [-0.39, 0.29) is 0 Å². The molecule has 302 valence electrons. The summed E-state index contributed by atoms with van der Waals surface area (Å²) in [5, 5.41) is 11.1. The molecule has 0 atom stereocenters. The predicted molar refractivity (Wildman–Crippen MR) is 265 cm³/mol. The Kier molecular flexibility index (Phi) is 7.59. The van der Waals surface area contributed by atoms with Gasteiger partial charge in [0, 0.05) is 54.5 Å². The number of hydrogen-bond donors (Lipinski definition) is 0. The smallest absolute Gasteiger partial charge is 0.167 e. The number of fused-ring (bicyclic) bond motifs is 12. The molecule has 14 rings (SSSR count). The van der Waals surface area contributed by atoms with Crippen molar-refractivity contribution in [3.05, 3.63) is 206 Å². The molecule has 4 heterocycles. The second kappa shape index (κ2) is 13.8. The number of furan rings is 2. The maximum Gasteiger partial charge on any atom is 0.167 e. The van der Waals surface area contributed by atoms with Crippen molar-refractivity contribution < 1.29 is 8.83 Å². The van der Waals surface area contributed by atoms with Crippen LogP contribution >= 0.6 is 0 Å². The normalized spacial score (nSPS) is 12.0. The number of aromatic nitrogens is 4. The third kappa shape index (κ3) is 5.44. The molecule has 0 saturated carbocycles. The molecule has 6 heteroatoms. The van der Waals surface area contributed by atoms with Gasteiger partial charge < -0.3 is 13.4 Å². The summed E-state index contributed by atoms with van der Waals surface area (Å²) in [5.41, 5.74) is 11.0. The highest BCUT2D eigenvalue weighted by Crippen LogP contribution is 2.45. The van der Waals surface area contributed by atoms with E-state index in [0.29, 0.717) is 17.5 Å². The summed E-state index contributed by atoms with van der Waals surface area (Å²) >= 11 is 0. The molecule has 4 aromatic heterocycles. The van der Waals surface area contributed by atoms with Crippen molar-refractivity contribution in [1.29, 1.82) is 0 Å². The van der Waals surface area contributed by atoms with Crippen LogP contribution in [0.4, 0.5) is 0 Å². The van der Waals surface area contributed by atoms with E-state index >= 15 is 0 Å². The van der Waals surface area contributed by atoms with Gasteiger partial charge in [0.25, 0.3) is 0 Å². The monoisotopic (exact) mass is 830 g/mol. The largest absolute Gasteiger partial charge is 0.455 e. The molecule has 0 aliphatic rings. The lowest BCUT2D eigenvalue weighted by molar-refractivity contribution is 0.669. The van der Waals surface area contributed by atoms with Gasteiger partial charge in [0.15, 0.2) is 17.5 Å². The molecule has 65 heavy (non-hydrogen) atoms. The van der Waals surface area contributed by atoms with Gasteiger partial charge in [-0.25, -0.2) is 15.0 Å². The van der Waals surface area contributed by atoms with Gasteiger partial charge in [-0.3, -0.25) is 0 Å². The van der Waals surface area contributed by atoms with Crippen molar-refractivity contribution in [2.75, 3.05) is 0 Å². The number of rotatable bonds is 5. The third-order valence-corrected chi connectivity index (χ3v) is 13.0. The van der Waals surface area contributed by atoms with Gasteiger partial charge >= 0.3 is 0 Å². The van der Waals surface area contributed by atoms with Crippen LogP contribution < -0.4 is 0 Å². The fourth-order valence-corrected chi connectivity index (χ4v) is 10.1. The zero-order valence-electron chi connectivity index (χ0n) is 34.7. The fraction of sp³-hybridized carbons (Fsp3) is 0. The molecule has 14 aromatic rings. The van der Waals surface area contributed by atoms with Crippen LogP contribution in [0.15, 0.2) is 215 Å². The minimum atomic E-state index is 0.529. The fourth-order valence-electron chi connectivity index (χ4n) is 10.1. The standard InChI is InChI=1S/C59H34N4O2/c1-2-15-36(16-3-1)57-60-58(62-59(61-57)47-24-12-23-44-42-21-9-11-26-52(42)64-56(44)47)45-31-29-39(63-50-25-10-8-20-41(50)49-32-37-17-4-5-18-38(37)33-51(49)63)34-48(45)43-22-13-27-53-54(43)46-30-28-35-14-6-7-19-40(35)55(46)65-53/h1-34H. The zero-order chi connectivity index (χ0) is 42.6. The summed E-state index contributed by atoms with van der Waals surface area (Å²) in [6, 6.07) is 72.2. The van der Waals surface area contributed by atoms with E-state index in [0.717, 1.165) is 99.2 Å². The second-order valence-corrected chi connectivity index (χ2v) is 16.7. The van der Waals surface area contributed by atoms with Gasteiger partial charge in [0.2, 0.25) is 0 Å². The molecule has 0 saturated heterocycles. The van der Waals surface area contributed by atoms with E-state index in [1.807, 2.05) is 54.6 Å². The quantitative estimate of drug-likeness (QED) is 0.173. The van der Waals surface area contributed by atoms with Gasteiger partial charge in [0.1, 0.15) is 22.3 Å². The molecule has 0 radical (unpaired) electrons. The van der Waals surface area contributed by atoms with Gasteiger partial charge in [0.05, 0.1) is 16.6 Å². The number of benzene rings is 10. The van der Waals surface area contributed by atoms with Crippen molar-refractivity contribution >= 4 is 87.2 Å². The molecule has 0 unspecified atom stereocenters. The Labute approximate surface area is 371 Å². The van der Waals surface area contributed by atoms with Crippen molar-refractivity contribution in [3.8, 4) is 51.0 Å². The molecule has 10 aromatic carbocycles. The summed E-state index contributed by atoms with van der Waals surface area (Å²) < 4.78 is 15.8. The average Bonchev–Trinajstić information content (AvgIpc) is 4.05. The minimum Gasteiger partial charge on any atom is -0.455 e. The molecule has 0 spiro atoms. The number of nitrogens with zero attached hydrogens (tertiary/aromatic N) is 4. The molecular weight excluding hydrogens is 797 g/mol. The highest BCUT2D eigenvalue weighted by Gasteiger charge is 2.23. The summed E-state index contributed by atoms with van der Waals surface area (Å²) in [6.07, 6.45) is 0. The Bertz CT molecular complexity index is 4250. The summed E-state index contributed by atoms with van der Waals surface area (Å²) in [7, 11) is 0. The van der Waals surface area contributed by atoms with Crippen molar-refractivity contribution in [2.45, 2.75) is 0 Å². The van der Waals surface area contributed by atoms with Crippen LogP contribution in [0, 0.1) is 0 Å². The first-order chi connectivity index (χ1) is 32.2. The molecular formula is C59H34N4O2. The van der Waals surface area contributed by atoms with Crippen LogP contribution in [-0.2, 0) is 0 Å². The lowest BCUT2D eigenvalue weighted by atomic mass is 9.93. The van der Waals surface area contributed by atoms with Crippen LogP contribution in [0.5, 0.6) is 0 Å². The first kappa shape index (κ1) is 35.7. The third-order valence-electron chi connectivity index (χ3n) is 13.0. The molecule has 0 N–H and O–H groups in total. The Hall–Kier alpha value is -8.87. The van der Waals surface area contributed by atoms with Crippen LogP contribution in [0.1, 0.15) is 0 Å². The molecule has 0 amide bonds. The average molecular weight is 831 g/mol. The van der Waals surface area contributed by atoms with Crippen LogP contribution in [0.2, 0.25) is 0 Å². The van der Waals surface area contributed by atoms with Crippen molar-refractivity contribution in [2.24, 2.45) is 0 Å². The maximum absolute atomic E-state index is 6.79. The Balaban J connectivity index is 1.08. The minimum absolute atomic E-state index is 0.529. The van der Waals surface area contributed by atoms with Crippen LogP contribution in [-0.4, -0.2) is 19.5 Å². The molecule has 0 bridgehead atoms. The summed E-state index contributed by atoms with van der Waals surface area (Å²) in [5.74, 6) is 1.65. The van der Waals surface area contributed by atoms with E-state index < -0.39 is 0 Å². The second-order valence-electron chi connectivity index (χ2n) is 16.7. The molecule has 0 fully saturated rings. The topological polar surface area (TPSA) is 69.9 Å². The van der Waals surface area contributed by atoms with Gasteiger partial charge in [-0.2, -0.15) is 0 Å². The summed E-state index contributed by atoms with van der Waals surface area (Å²) in [6.45, 7) is 0. The maximum atomic E-state index is 6.79. The predicted octanol–water partition coefficient (Wildman–Crippen LogP) is 15.7. The first-order valence-electron chi connectivity index (χ1n) is 21.8. The summed E-state index contributed by atoms with van der Waals surface area (Å²) in [4.78, 5) is 15.9. The lowest BCUT2D eigenvalue weighted by Gasteiger charge is -2.16. The molecule has 6 nitrogen and oxygen atoms in total. The van der Waals surface area contributed by atoms with Crippen molar-refractivity contribution in [3.63, 3.8) is 0 Å². The van der Waals surface area contributed by atoms with Crippen LogP contribution in [0.25, 0.3) is 138 Å². The first-order valence-corrected chi connectivity index (χ1v) is 21.8. The SMILES string of the molecule is c1ccc(-c2nc(-c3ccc(-n4c5ccccc5c5cc6ccccc6cc54)cc3-c3cccc4oc5c6ccccc6ccc5c34)nc(-c3cccc4c3oc3ccccc34)n2)cc1. The van der Waals surface area contributed by atoms with Gasteiger partial charge in [-0.1, -0.05) is 146 Å². The Morgan fingerprint density at radius 1 is 0.323 bits per heavy atom. The molecule has 0 aliphatic carbocycles. The molecule has 0 aliphatic heterocycles. The van der Waals surface area contributed by atoms with Crippen LogP contribution in [0.3, 0.4) is 0 Å². The Morgan fingerprint density at radius 2 is 0.969 bits per heavy atom. The van der Waals surface area contributed by atoms with Crippen molar-refractivity contribution in [1.82, 2.24) is 19.5 Å². The van der Waals surface area contributed by atoms with E-state index in [9.17, 15) is 0 Å². The van der Waals surface area contributed by atoms with E-state index in [1.54, 1.807) is 0 Å². The van der Waals surface area contributed by atoms with Gasteiger partial charge in [-0.15, -0.1) is 0 Å². The lowest BCUT2D eigenvalue weighted by Crippen LogP contribution is -2.02. The van der Waals surface area contributed by atoms with E-state index in [4.69, 9.17) is 23.8 Å². The van der Waals surface area contributed by atoms with Gasteiger partial charge in [-0.05, 0) is 87.9 Å². The highest BCUT2D eigenvalue weighted by molar-refractivity contribution is 6.20. The Morgan fingerprint density at radius 3 is 1.85 bits per heavy atom. The van der Waals surface area contributed by atoms with E-state index in [1.165, 1.54) is 21.5 Å². The zero-order valence-corrected chi connectivity index (χ0v) is 34.7.